The summed E-state index contributed by atoms with van der Waals surface area (Å²) in [5.74, 6) is 6.71. The molecule has 0 saturated carbocycles. The summed E-state index contributed by atoms with van der Waals surface area (Å²) in [5.41, 5.74) is 2.21. The molecule has 1 aromatic rings. The van der Waals surface area contributed by atoms with Crippen LogP contribution < -0.4 is 0 Å². The summed E-state index contributed by atoms with van der Waals surface area (Å²) in [6.07, 6.45) is 0. The minimum absolute atomic E-state index is 1.10. The van der Waals surface area contributed by atoms with E-state index in [4.69, 9.17) is 0 Å². The van der Waals surface area contributed by atoms with E-state index in [-0.39, 0.29) is 0 Å². The van der Waals surface area contributed by atoms with Gasteiger partial charge >= 0.3 is 121 Å². The van der Waals surface area contributed by atoms with Crippen LogP contribution in [-0.2, 0) is 0 Å². The Balaban J connectivity index is 3.14. The molecule has 0 nitrogen and oxygen atoms in total. The molecule has 0 aliphatic rings. The summed E-state index contributed by atoms with van der Waals surface area (Å²) >= 11 is -4.02. The van der Waals surface area contributed by atoms with Gasteiger partial charge in [0.05, 0.1) is 0 Å². The first-order chi connectivity index (χ1) is 8.17. The third-order valence-electron chi connectivity index (χ3n) is 2.07. The van der Waals surface area contributed by atoms with Crippen molar-refractivity contribution in [3.05, 3.63) is 35.4 Å². The van der Waals surface area contributed by atoms with Crippen LogP contribution in [-0.4, -0.2) is 36.8 Å². The quantitative estimate of drug-likeness (QED) is 0.411. The van der Waals surface area contributed by atoms with E-state index in [0.29, 0.717) is 0 Å². The van der Waals surface area contributed by atoms with Crippen molar-refractivity contribution in [3.63, 3.8) is 0 Å². The van der Waals surface area contributed by atoms with Gasteiger partial charge in [0.2, 0.25) is 0 Å². The summed E-state index contributed by atoms with van der Waals surface area (Å²) in [4.78, 5) is 14.0. The Labute approximate surface area is 120 Å². The van der Waals surface area contributed by atoms with Crippen LogP contribution in [0.5, 0.6) is 0 Å². The first-order valence-electron chi connectivity index (χ1n) is 6.33. The second kappa shape index (κ2) is 6.39. The molecule has 0 saturated heterocycles. The molecule has 0 aliphatic carbocycles. The zero-order valence-corrected chi connectivity index (χ0v) is 18.0. The summed E-state index contributed by atoms with van der Waals surface area (Å²) in [5, 5.41) is 0. The zero-order valence-electron chi connectivity index (χ0n) is 12.3. The van der Waals surface area contributed by atoms with Gasteiger partial charge in [-0.1, -0.05) is 0 Å². The van der Waals surface area contributed by atoms with E-state index in [1.807, 2.05) is 12.1 Å². The molecule has 0 fully saturated rings. The van der Waals surface area contributed by atoms with E-state index in [0.717, 1.165) is 11.1 Å². The van der Waals surface area contributed by atoms with Gasteiger partial charge in [-0.25, -0.2) is 0 Å². The zero-order chi connectivity index (χ0) is 13.8. The molecule has 0 bridgehead atoms. The molecule has 0 unspecified atom stereocenters. The van der Waals surface area contributed by atoms with E-state index < -0.39 is 36.8 Å². The first-order valence-corrected chi connectivity index (χ1v) is 26.3. The number of benzene rings is 1. The Bertz CT molecular complexity index is 484. The van der Waals surface area contributed by atoms with Crippen molar-refractivity contribution in [1.29, 1.82) is 0 Å². The van der Waals surface area contributed by atoms with E-state index in [2.05, 4.69) is 61.5 Å². The molecule has 0 aliphatic heterocycles. The predicted molar refractivity (Wildman–Crippen MR) is 86.9 cm³/mol. The Morgan fingerprint density at radius 1 is 0.667 bits per heavy atom. The maximum atomic E-state index is 3.49. The van der Waals surface area contributed by atoms with E-state index >= 15 is 0 Å². The first kappa shape index (κ1) is 16.0. The van der Waals surface area contributed by atoms with Crippen LogP contribution in [0.1, 0.15) is 11.1 Å². The Morgan fingerprint density at radius 2 is 1.00 bits per heavy atom. The topological polar surface area (TPSA) is 0 Å². The van der Waals surface area contributed by atoms with Crippen LogP contribution in [0.25, 0.3) is 0 Å². The van der Waals surface area contributed by atoms with Crippen LogP contribution in [0.4, 0.5) is 0 Å². The second-order valence-corrected chi connectivity index (χ2v) is 33.7. The van der Waals surface area contributed by atoms with Gasteiger partial charge < -0.3 is 0 Å². The SMILES string of the molecule is [CH3][Sn]([CH3])([CH3])[C]#Cc1ccccc1C#[C][Sn]([CH3])([CH3])[CH3]. The molecule has 94 valence electrons. The molecule has 2 heteroatoms. The van der Waals surface area contributed by atoms with Gasteiger partial charge in [0.25, 0.3) is 0 Å². The van der Waals surface area contributed by atoms with E-state index in [1.54, 1.807) is 0 Å². The molecule has 0 atom stereocenters. The normalized spacial score (nSPS) is 11.0. The molecule has 0 amide bonds. The Kier molecular flexibility index (Phi) is 5.68. The van der Waals surface area contributed by atoms with E-state index in [1.165, 1.54) is 0 Å². The van der Waals surface area contributed by atoms with Gasteiger partial charge in [0, 0.05) is 0 Å². The van der Waals surface area contributed by atoms with Gasteiger partial charge in [-0.05, 0) is 0 Å². The van der Waals surface area contributed by atoms with Gasteiger partial charge in [0.1, 0.15) is 0 Å². The number of hydrogen-bond donors (Lipinski definition) is 0. The third kappa shape index (κ3) is 6.76. The summed E-state index contributed by atoms with van der Waals surface area (Å²) in [6, 6.07) is 8.28. The minimum atomic E-state index is -2.01. The van der Waals surface area contributed by atoms with Crippen LogP contribution >= 0.6 is 0 Å². The number of rotatable bonds is 0. The average Bonchev–Trinajstić information content (AvgIpc) is 2.22. The Hall–Kier alpha value is -0.0626. The summed E-state index contributed by atoms with van der Waals surface area (Å²) < 4.78 is 6.97. The van der Waals surface area contributed by atoms with Gasteiger partial charge in [0.15, 0.2) is 0 Å². The summed E-state index contributed by atoms with van der Waals surface area (Å²) in [6.45, 7) is 0. The van der Waals surface area contributed by atoms with Crippen molar-refractivity contribution in [2.45, 2.75) is 29.6 Å². The molecule has 0 heterocycles. The summed E-state index contributed by atoms with van der Waals surface area (Å²) in [7, 11) is 0. The molecule has 0 N–H and O–H groups in total. The molecule has 0 spiro atoms. The molecule has 0 aromatic heterocycles. The van der Waals surface area contributed by atoms with Crippen molar-refractivity contribution in [3.8, 4) is 19.7 Å². The van der Waals surface area contributed by atoms with Crippen molar-refractivity contribution in [2.75, 3.05) is 0 Å². The maximum absolute atomic E-state index is 3.49. The van der Waals surface area contributed by atoms with E-state index in [9.17, 15) is 0 Å². The molecule has 1 aromatic carbocycles. The van der Waals surface area contributed by atoms with Crippen LogP contribution in [0.15, 0.2) is 24.3 Å². The Morgan fingerprint density at radius 3 is 1.28 bits per heavy atom. The van der Waals surface area contributed by atoms with Crippen molar-refractivity contribution in [2.24, 2.45) is 0 Å². The average molecular weight is 452 g/mol. The van der Waals surface area contributed by atoms with Crippen molar-refractivity contribution in [1.82, 2.24) is 0 Å². The monoisotopic (exact) mass is 454 g/mol. The molecule has 18 heavy (non-hydrogen) atoms. The molecule has 1 rings (SSSR count). The van der Waals surface area contributed by atoms with Gasteiger partial charge in [-0.15, -0.1) is 0 Å². The van der Waals surface area contributed by atoms with Crippen molar-refractivity contribution < 1.29 is 0 Å². The van der Waals surface area contributed by atoms with Crippen LogP contribution in [0.3, 0.4) is 0 Å². The van der Waals surface area contributed by atoms with Gasteiger partial charge in [-0.2, -0.15) is 0 Å². The van der Waals surface area contributed by atoms with Crippen LogP contribution in [0, 0.1) is 19.7 Å². The second-order valence-electron chi connectivity index (χ2n) is 6.55. The van der Waals surface area contributed by atoms with Crippen LogP contribution in [0.2, 0.25) is 29.6 Å². The third-order valence-corrected chi connectivity index (χ3v) is 7.07. The molecular weight excluding hydrogens is 430 g/mol. The standard InChI is InChI=1S/C10H4.6CH3.2Sn/c1-3-9-7-5-6-8-10(9)4-2;;;;;;;;/h5-8H;6*1H3;;. The fraction of sp³-hybridized carbons (Fsp3) is 0.375. The number of hydrogen-bond acceptors (Lipinski definition) is 0. The molecule has 0 radical (unpaired) electrons. The predicted octanol–water partition coefficient (Wildman–Crippen LogP) is 4.14. The van der Waals surface area contributed by atoms with Gasteiger partial charge in [-0.3, -0.25) is 0 Å². The fourth-order valence-corrected chi connectivity index (χ4v) is 4.12. The fourth-order valence-electron chi connectivity index (χ4n) is 1.21. The molecular formula is C16H22Sn2. The van der Waals surface area contributed by atoms with Crippen molar-refractivity contribution >= 4 is 36.8 Å².